The fourth-order valence-corrected chi connectivity index (χ4v) is 1.34. The van der Waals surface area contributed by atoms with E-state index in [1.807, 2.05) is 20.8 Å². The average molecular weight is 186 g/mol. The van der Waals surface area contributed by atoms with Crippen molar-refractivity contribution in [3.8, 4) is 0 Å². The topological polar surface area (TPSA) is 41.6 Å². The first-order chi connectivity index (χ1) is 5.96. The SMILES string of the molecule is COC(C)(C)CN1CNC(C)C1=O. The van der Waals surface area contributed by atoms with Crippen LogP contribution in [0.2, 0.25) is 0 Å². The Kier molecular flexibility index (Phi) is 2.93. The second-order valence-electron chi connectivity index (χ2n) is 4.08. The van der Waals surface area contributed by atoms with Crippen LogP contribution in [0, 0.1) is 0 Å². The summed E-state index contributed by atoms with van der Waals surface area (Å²) in [5.74, 6) is 0.158. The third-order valence-corrected chi connectivity index (χ3v) is 2.39. The highest BCUT2D eigenvalue weighted by molar-refractivity contribution is 5.83. The Morgan fingerprint density at radius 1 is 1.69 bits per heavy atom. The van der Waals surface area contributed by atoms with Crippen molar-refractivity contribution in [2.75, 3.05) is 20.3 Å². The van der Waals surface area contributed by atoms with Crippen molar-refractivity contribution >= 4 is 5.91 Å². The molecule has 0 radical (unpaired) electrons. The number of nitrogens with one attached hydrogen (secondary N) is 1. The molecule has 1 rings (SSSR count). The van der Waals surface area contributed by atoms with E-state index in [9.17, 15) is 4.79 Å². The first-order valence-corrected chi connectivity index (χ1v) is 4.53. The van der Waals surface area contributed by atoms with E-state index in [1.165, 1.54) is 0 Å². The Balaban J connectivity index is 2.51. The molecule has 1 aliphatic rings. The Hall–Kier alpha value is -0.610. The van der Waals surface area contributed by atoms with Crippen LogP contribution in [0.3, 0.4) is 0 Å². The summed E-state index contributed by atoms with van der Waals surface area (Å²) in [6, 6.07) is -0.0485. The van der Waals surface area contributed by atoms with E-state index in [-0.39, 0.29) is 17.6 Å². The van der Waals surface area contributed by atoms with Crippen LogP contribution in [0.15, 0.2) is 0 Å². The molecule has 1 amide bonds. The predicted molar refractivity (Wildman–Crippen MR) is 50.3 cm³/mol. The van der Waals surface area contributed by atoms with Gasteiger partial charge >= 0.3 is 0 Å². The van der Waals surface area contributed by atoms with Gasteiger partial charge in [0, 0.05) is 7.11 Å². The number of nitrogens with zero attached hydrogens (tertiary/aromatic N) is 1. The zero-order valence-corrected chi connectivity index (χ0v) is 8.76. The molecule has 1 saturated heterocycles. The Labute approximate surface area is 79.2 Å². The monoisotopic (exact) mass is 186 g/mol. The van der Waals surface area contributed by atoms with Crippen LogP contribution in [0.25, 0.3) is 0 Å². The number of methoxy groups -OCH3 is 1. The van der Waals surface area contributed by atoms with Gasteiger partial charge in [-0.3, -0.25) is 10.1 Å². The second-order valence-corrected chi connectivity index (χ2v) is 4.08. The molecule has 1 heterocycles. The van der Waals surface area contributed by atoms with Crippen LogP contribution >= 0.6 is 0 Å². The maximum absolute atomic E-state index is 11.5. The summed E-state index contributed by atoms with van der Waals surface area (Å²) in [4.78, 5) is 13.3. The minimum atomic E-state index is -0.263. The van der Waals surface area contributed by atoms with Crippen LogP contribution in [0.4, 0.5) is 0 Å². The smallest absolute Gasteiger partial charge is 0.240 e. The van der Waals surface area contributed by atoms with Crippen molar-refractivity contribution in [3.05, 3.63) is 0 Å². The number of ether oxygens (including phenoxy) is 1. The van der Waals surface area contributed by atoms with Crippen molar-refractivity contribution in [3.63, 3.8) is 0 Å². The predicted octanol–water partition coefficient (Wildman–Crippen LogP) is 0.189. The molecule has 0 aromatic rings. The van der Waals surface area contributed by atoms with E-state index in [4.69, 9.17) is 4.74 Å². The number of hydrogen-bond donors (Lipinski definition) is 1. The summed E-state index contributed by atoms with van der Waals surface area (Å²) in [7, 11) is 1.66. The summed E-state index contributed by atoms with van der Waals surface area (Å²) >= 11 is 0. The number of carbonyl (C=O) groups excluding carboxylic acids is 1. The molecule has 0 bridgehead atoms. The summed E-state index contributed by atoms with van der Waals surface area (Å²) in [6.45, 7) is 7.10. The highest BCUT2D eigenvalue weighted by Crippen LogP contribution is 2.13. The van der Waals surface area contributed by atoms with E-state index in [0.717, 1.165) is 0 Å². The van der Waals surface area contributed by atoms with E-state index in [0.29, 0.717) is 13.2 Å². The quantitative estimate of drug-likeness (QED) is 0.684. The van der Waals surface area contributed by atoms with Crippen LogP contribution in [0.5, 0.6) is 0 Å². The minimum absolute atomic E-state index is 0.0485. The largest absolute Gasteiger partial charge is 0.377 e. The van der Waals surface area contributed by atoms with Gasteiger partial charge in [-0.15, -0.1) is 0 Å². The lowest BCUT2D eigenvalue weighted by atomic mass is 10.1. The fourth-order valence-electron chi connectivity index (χ4n) is 1.34. The lowest BCUT2D eigenvalue weighted by molar-refractivity contribution is -0.131. The number of carbonyl (C=O) groups is 1. The van der Waals surface area contributed by atoms with Crippen LogP contribution in [-0.2, 0) is 9.53 Å². The second kappa shape index (κ2) is 3.64. The van der Waals surface area contributed by atoms with Gasteiger partial charge in [-0.1, -0.05) is 0 Å². The lowest BCUT2D eigenvalue weighted by Gasteiger charge is -2.28. The summed E-state index contributed by atoms with van der Waals surface area (Å²) < 4.78 is 5.26. The standard InChI is InChI=1S/C9H18N2O2/c1-7-8(12)11(6-10-7)5-9(2,3)13-4/h7,10H,5-6H2,1-4H3. The zero-order chi connectivity index (χ0) is 10.1. The van der Waals surface area contributed by atoms with Crippen molar-refractivity contribution < 1.29 is 9.53 Å². The molecule has 76 valence electrons. The van der Waals surface area contributed by atoms with Crippen molar-refractivity contribution in [1.82, 2.24) is 10.2 Å². The van der Waals surface area contributed by atoms with Crippen LogP contribution in [0.1, 0.15) is 20.8 Å². The first-order valence-electron chi connectivity index (χ1n) is 4.53. The molecule has 0 spiro atoms. The first kappa shape index (κ1) is 10.5. The molecule has 1 aliphatic heterocycles. The third-order valence-electron chi connectivity index (χ3n) is 2.39. The van der Waals surface area contributed by atoms with Crippen LogP contribution < -0.4 is 5.32 Å². The van der Waals surface area contributed by atoms with Gasteiger partial charge in [0.2, 0.25) is 5.91 Å². The molecule has 4 heteroatoms. The highest BCUT2D eigenvalue weighted by atomic mass is 16.5. The van der Waals surface area contributed by atoms with Gasteiger partial charge in [0.1, 0.15) is 0 Å². The Morgan fingerprint density at radius 2 is 2.31 bits per heavy atom. The third kappa shape index (κ3) is 2.42. The highest BCUT2D eigenvalue weighted by Gasteiger charge is 2.31. The number of amides is 1. The maximum Gasteiger partial charge on any atom is 0.240 e. The Morgan fingerprint density at radius 3 is 2.69 bits per heavy atom. The molecule has 1 atom stereocenters. The number of rotatable bonds is 3. The van der Waals surface area contributed by atoms with E-state index >= 15 is 0 Å². The van der Waals surface area contributed by atoms with Gasteiger partial charge < -0.3 is 9.64 Å². The van der Waals surface area contributed by atoms with E-state index < -0.39 is 0 Å². The van der Waals surface area contributed by atoms with Gasteiger partial charge in [-0.05, 0) is 20.8 Å². The molecule has 1 fully saturated rings. The number of hydrogen-bond acceptors (Lipinski definition) is 3. The molecule has 13 heavy (non-hydrogen) atoms. The molecule has 0 saturated carbocycles. The maximum atomic E-state index is 11.5. The average Bonchev–Trinajstić information content (AvgIpc) is 2.36. The fraction of sp³-hybridized carbons (Fsp3) is 0.889. The van der Waals surface area contributed by atoms with Gasteiger partial charge in [-0.25, -0.2) is 0 Å². The normalized spacial score (nSPS) is 24.2. The summed E-state index contributed by atoms with van der Waals surface area (Å²) in [5.41, 5.74) is -0.263. The minimum Gasteiger partial charge on any atom is -0.377 e. The van der Waals surface area contributed by atoms with Crippen LogP contribution in [-0.4, -0.2) is 42.8 Å². The molecule has 0 aromatic carbocycles. The summed E-state index contributed by atoms with van der Waals surface area (Å²) in [6.07, 6.45) is 0. The van der Waals surface area contributed by atoms with E-state index in [1.54, 1.807) is 12.0 Å². The Bertz CT molecular complexity index is 204. The molecule has 0 aliphatic carbocycles. The molecule has 0 aromatic heterocycles. The van der Waals surface area contributed by atoms with Gasteiger partial charge in [0.25, 0.3) is 0 Å². The van der Waals surface area contributed by atoms with Gasteiger partial charge in [0.15, 0.2) is 0 Å². The molecular formula is C9H18N2O2. The molecular weight excluding hydrogens is 168 g/mol. The van der Waals surface area contributed by atoms with Gasteiger partial charge in [-0.2, -0.15) is 0 Å². The lowest BCUT2D eigenvalue weighted by Crippen LogP contribution is -2.41. The molecule has 1 unspecified atom stereocenters. The molecule has 4 nitrogen and oxygen atoms in total. The zero-order valence-electron chi connectivity index (χ0n) is 8.76. The van der Waals surface area contributed by atoms with Crippen molar-refractivity contribution in [2.45, 2.75) is 32.4 Å². The molecule has 1 N–H and O–H groups in total. The van der Waals surface area contributed by atoms with Gasteiger partial charge in [0.05, 0.1) is 24.9 Å². The van der Waals surface area contributed by atoms with E-state index in [2.05, 4.69) is 5.32 Å². The van der Waals surface area contributed by atoms with Crippen molar-refractivity contribution in [2.24, 2.45) is 0 Å². The summed E-state index contributed by atoms with van der Waals surface area (Å²) in [5, 5.41) is 3.09. The van der Waals surface area contributed by atoms with Crippen molar-refractivity contribution in [1.29, 1.82) is 0 Å².